The smallest absolute Gasteiger partial charge is 0.140 e. The second-order valence-corrected chi connectivity index (χ2v) is 4.38. The molecular weight excluding hydrogens is 214 g/mol. The average molecular weight is 231 g/mol. The van der Waals surface area contributed by atoms with E-state index >= 15 is 0 Å². The van der Waals surface area contributed by atoms with E-state index in [1.807, 2.05) is 19.1 Å². The average Bonchev–Trinajstić information content (AvgIpc) is 2.32. The lowest BCUT2D eigenvalue weighted by atomic mass is 9.97. The Bertz CT molecular complexity index is 466. The highest BCUT2D eigenvalue weighted by molar-refractivity contribution is 6.41. The zero-order valence-electron chi connectivity index (χ0n) is 9.95. The Morgan fingerprint density at radius 2 is 2.06 bits per heavy atom. The van der Waals surface area contributed by atoms with Crippen LogP contribution in [0.2, 0.25) is 0 Å². The Hall–Kier alpha value is -1.84. The maximum absolute atomic E-state index is 9.64. The van der Waals surface area contributed by atoms with Crippen LogP contribution in [0.3, 0.4) is 0 Å². The van der Waals surface area contributed by atoms with Crippen LogP contribution in [0, 0.1) is 12.3 Å². The third-order valence-electron chi connectivity index (χ3n) is 2.90. The van der Waals surface area contributed by atoms with Crippen LogP contribution in [-0.2, 0) is 0 Å². The van der Waals surface area contributed by atoms with Crippen molar-refractivity contribution in [2.24, 2.45) is 5.10 Å². The zero-order chi connectivity index (χ0) is 12.3. The predicted octanol–water partition coefficient (Wildman–Crippen LogP) is 3.06. The number of phenolic OH excluding ortho intramolecular Hbond substituents is 1. The number of nitrogens with zero attached hydrogens (tertiary/aromatic N) is 1. The second kappa shape index (κ2) is 4.99. The molecule has 0 aliphatic heterocycles. The summed E-state index contributed by atoms with van der Waals surface area (Å²) in [4.78, 5) is 0. The van der Waals surface area contributed by atoms with Gasteiger partial charge in [-0.3, -0.25) is 5.43 Å². The number of aryl methyl sites for hydroxylation is 1. The Kier molecular flexibility index (Phi) is 3.42. The number of hydrogen-bond donors (Lipinski definition) is 3. The summed E-state index contributed by atoms with van der Waals surface area (Å²) >= 11 is 0. The molecule has 17 heavy (non-hydrogen) atoms. The molecule has 0 atom stereocenters. The van der Waals surface area contributed by atoms with Gasteiger partial charge >= 0.3 is 0 Å². The molecule has 3 N–H and O–H groups in total. The Balaban J connectivity index is 2.13. The van der Waals surface area contributed by atoms with Crippen LogP contribution in [0.4, 0.5) is 5.69 Å². The van der Waals surface area contributed by atoms with Gasteiger partial charge in [-0.2, -0.15) is 5.10 Å². The normalized spacial score (nSPS) is 18.4. The van der Waals surface area contributed by atoms with Crippen molar-refractivity contribution in [1.82, 2.24) is 0 Å². The van der Waals surface area contributed by atoms with Crippen molar-refractivity contribution in [3.63, 3.8) is 0 Å². The highest BCUT2D eigenvalue weighted by Gasteiger charge is 2.13. The van der Waals surface area contributed by atoms with Crippen molar-refractivity contribution in [2.75, 3.05) is 5.43 Å². The van der Waals surface area contributed by atoms with Gasteiger partial charge < -0.3 is 10.5 Å². The van der Waals surface area contributed by atoms with Crippen molar-refractivity contribution >= 4 is 17.1 Å². The summed E-state index contributed by atoms with van der Waals surface area (Å²) in [6.07, 6.45) is 3.81. The van der Waals surface area contributed by atoms with Gasteiger partial charge in [0.1, 0.15) is 5.75 Å². The summed E-state index contributed by atoms with van der Waals surface area (Å²) in [5.41, 5.74) is 5.91. The monoisotopic (exact) mass is 231 g/mol. The molecule has 1 fully saturated rings. The molecule has 1 aromatic rings. The van der Waals surface area contributed by atoms with Gasteiger partial charge in [0.2, 0.25) is 0 Å². The molecule has 0 amide bonds. The third kappa shape index (κ3) is 2.84. The molecule has 90 valence electrons. The van der Waals surface area contributed by atoms with E-state index in [1.165, 1.54) is 0 Å². The number of anilines is 1. The first-order valence-electron chi connectivity index (χ1n) is 5.87. The van der Waals surface area contributed by atoms with Crippen molar-refractivity contribution < 1.29 is 5.11 Å². The van der Waals surface area contributed by atoms with E-state index in [2.05, 4.69) is 10.5 Å². The maximum atomic E-state index is 9.64. The van der Waals surface area contributed by atoms with E-state index in [-0.39, 0.29) is 5.75 Å². The van der Waals surface area contributed by atoms with Gasteiger partial charge in [0.05, 0.1) is 17.1 Å². The molecule has 0 bridgehead atoms. The quantitative estimate of drug-likeness (QED) is 0.541. The molecule has 1 aliphatic rings. The summed E-state index contributed by atoms with van der Waals surface area (Å²) < 4.78 is 0. The Morgan fingerprint density at radius 3 is 2.82 bits per heavy atom. The van der Waals surface area contributed by atoms with Crippen LogP contribution in [0.25, 0.3) is 0 Å². The van der Waals surface area contributed by atoms with Crippen LogP contribution < -0.4 is 5.43 Å². The summed E-state index contributed by atoms with van der Waals surface area (Å²) in [7, 11) is 0. The number of benzene rings is 1. The molecule has 0 radical (unpaired) electrons. The molecule has 0 spiro atoms. The first-order chi connectivity index (χ1) is 8.16. The van der Waals surface area contributed by atoms with Crippen LogP contribution in [0.5, 0.6) is 5.75 Å². The van der Waals surface area contributed by atoms with Gasteiger partial charge in [0.15, 0.2) is 0 Å². The van der Waals surface area contributed by atoms with Gasteiger partial charge in [0.25, 0.3) is 0 Å². The lowest BCUT2D eigenvalue weighted by molar-refractivity contribution is 0.477. The number of aromatic hydroxyl groups is 1. The van der Waals surface area contributed by atoms with Crippen LogP contribution in [0.15, 0.2) is 23.3 Å². The number of rotatable bonds is 2. The molecule has 0 unspecified atom stereocenters. The topological polar surface area (TPSA) is 68.5 Å². The first-order valence-corrected chi connectivity index (χ1v) is 5.87. The molecule has 4 nitrogen and oxygen atoms in total. The number of phenols is 1. The molecule has 0 saturated heterocycles. The standard InChI is InChI=1S/C13H17N3O/c1-9-6-7-13(17)12(8-9)16-15-11-5-3-2-4-10(11)14/h6-8,14,16-17H,2-5H2,1H3/b14-10?,15-11-. The fourth-order valence-corrected chi connectivity index (χ4v) is 1.88. The first kappa shape index (κ1) is 11.6. The van der Waals surface area contributed by atoms with Crippen LogP contribution in [0.1, 0.15) is 31.2 Å². The highest BCUT2D eigenvalue weighted by Crippen LogP contribution is 2.24. The third-order valence-corrected chi connectivity index (χ3v) is 2.90. The van der Waals surface area contributed by atoms with E-state index in [0.29, 0.717) is 11.4 Å². The summed E-state index contributed by atoms with van der Waals surface area (Å²) in [6, 6.07) is 5.33. The molecule has 1 aromatic carbocycles. The molecule has 4 heteroatoms. The van der Waals surface area contributed by atoms with Gasteiger partial charge in [-0.15, -0.1) is 0 Å². The second-order valence-electron chi connectivity index (χ2n) is 4.38. The van der Waals surface area contributed by atoms with E-state index in [4.69, 9.17) is 5.41 Å². The van der Waals surface area contributed by atoms with E-state index < -0.39 is 0 Å². The van der Waals surface area contributed by atoms with Gasteiger partial charge in [-0.25, -0.2) is 0 Å². The molecule has 0 heterocycles. The minimum Gasteiger partial charge on any atom is -0.506 e. The minimum atomic E-state index is 0.183. The SMILES string of the molecule is Cc1ccc(O)c(N/N=C2/CCCCC2=N)c1. The van der Waals surface area contributed by atoms with E-state index in [9.17, 15) is 5.11 Å². The van der Waals surface area contributed by atoms with Gasteiger partial charge in [-0.05, 0) is 50.3 Å². The number of hydrazone groups is 1. The minimum absolute atomic E-state index is 0.183. The van der Waals surface area contributed by atoms with Crippen molar-refractivity contribution in [1.29, 1.82) is 5.41 Å². The summed E-state index contributed by atoms with van der Waals surface area (Å²) in [6.45, 7) is 1.96. The molecule has 1 saturated carbocycles. The fourth-order valence-electron chi connectivity index (χ4n) is 1.88. The van der Waals surface area contributed by atoms with Crippen molar-refractivity contribution in [3.05, 3.63) is 23.8 Å². The fraction of sp³-hybridized carbons (Fsp3) is 0.385. The molecule has 2 rings (SSSR count). The summed E-state index contributed by atoms with van der Waals surface area (Å²) in [5.74, 6) is 0.183. The summed E-state index contributed by atoms with van der Waals surface area (Å²) in [5, 5.41) is 21.6. The van der Waals surface area contributed by atoms with Gasteiger partial charge in [-0.1, -0.05) is 6.07 Å². The van der Waals surface area contributed by atoms with Crippen molar-refractivity contribution in [3.8, 4) is 5.75 Å². The Morgan fingerprint density at radius 1 is 1.29 bits per heavy atom. The van der Waals surface area contributed by atoms with Crippen molar-refractivity contribution in [2.45, 2.75) is 32.6 Å². The van der Waals surface area contributed by atoms with E-state index in [0.717, 1.165) is 37.0 Å². The lowest BCUT2D eigenvalue weighted by Gasteiger charge is -2.14. The van der Waals surface area contributed by atoms with Gasteiger partial charge in [0, 0.05) is 0 Å². The number of nitrogens with one attached hydrogen (secondary N) is 2. The number of hydrogen-bond acceptors (Lipinski definition) is 4. The van der Waals surface area contributed by atoms with Crippen LogP contribution in [-0.4, -0.2) is 16.5 Å². The van der Waals surface area contributed by atoms with E-state index in [1.54, 1.807) is 6.07 Å². The molecule has 1 aliphatic carbocycles. The maximum Gasteiger partial charge on any atom is 0.140 e. The zero-order valence-corrected chi connectivity index (χ0v) is 9.95. The lowest BCUT2D eigenvalue weighted by Crippen LogP contribution is -2.19. The molecular formula is C13H17N3O. The molecule has 0 aromatic heterocycles. The Labute approximate surface area is 101 Å². The van der Waals surface area contributed by atoms with Crippen LogP contribution >= 0.6 is 0 Å². The predicted molar refractivity (Wildman–Crippen MR) is 70.1 cm³/mol. The largest absolute Gasteiger partial charge is 0.506 e. The highest BCUT2D eigenvalue weighted by atomic mass is 16.3.